The summed E-state index contributed by atoms with van der Waals surface area (Å²) in [5.41, 5.74) is 19.5. The summed E-state index contributed by atoms with van der Waals surface area (Å²) in [6.07, 6.45) is 10.5. The van der Waals surface area contributed by atoms with Crippen molar-refractivity contribution in [3.8, 4) is 0 Å². The minimum Gasteiger partial charge on any atom is -0.456 e. The summed E-state index contributed by atoms with van der Waals surface area (Å²) in [5, 5.41) is 45.3. The van der Waals surface area contributed by atoms with E-state index in [1.165, 1.54) is 259 Å². The molecule has 6 aromatic heterocycles. The normalized spacial score (nSPS) is 11.9. The van der Waals surface area contributed by atoms with Gasteiger partial charge in [0.1, 0.15) is 67.0 Å². The van der Waals surface area contributed by atoms with Crippen LogP contribution in [0.15, 0.2) is 427 Å². The molecule has 141 heavy (non-hydrogen) atoms. The smallest absolute Gasteiger partial charge is 0.138 e. The Hall–Kier alpha value is -16.8. The van der Waals surface area contributed by atoms with Crippen LogP contribution in [0.25, 0.3) is 261 Å². The topological polar surface area (TPSA) is 78.8 Å². The number of hydrogen-bond acceptors (Lipinski definition) is 6. The molecule has 6 heteroatoms. The Kier molecular flexibility index (Phi) is 21.9. The van der Waals surface area contributed by atoms with E-state index in [0.29, 0.717) is 0 Å². The first-order chi connectivity index (χ1) is 69.5. The predicted molar refractivity (Wildman–Crippen MR) is 602 cm³/mol. The van der Waals surface area contributed by atoms with E-state index in [1.807, 2.05) is 0 Å². The fraction of sp³-hybridized carbons (Fsp3) is 0.111. The highest BCUT2D eigenvalue weighted by molar-refractivity contribution is 6.28. The van der Waals surface area contributed by atoms with E-state index in [0.717, 1.165) is 92.7 Å². The van der Waals surface area contributed by atoms with Gasteiger partial charge in [-0.05, 0) is 325 Å². The van der Waals surface area contributed by atoms with Gasteiger partial charge >= 0.3 is 0 Å². The van der Waals surface area contributed by atoms with Crippen molar-refractivity contribution in [2.24, 2.45) is 0 Å². The maximum absolute atomic E-state index is 6.33. The molecule has 0 radical (unpaired) electrons. The van der Waals surface area contributed by atoms with Gasteiger partial charge in [-0.2, -0.15) is 0 Å². The standard InChI is InChI=1S/C25H22O.C24H20O.C23H18O.3C21H14O/c1-2-3-4-8-17-11-7-12-21-24-22-16-19-10-6-5-9-18(19)15-20(22)13-14-23(24)26-25(17)21;1-2-3-7-16-10-6-11-20-23-21-15-18-9-5-4-8-17(18)14-19(21)12-13-22(23)25-24(16)20;1-2-6-15-9-5-10-19-22-20-14-17-8-4-3-7-16(17)13-18(20)11-12-21(22)24-23(15)19;3*1-13-5-4-8-17-20-18-12-15-7-3-2-6-14(15)11-16(18)9-10-19(20)22-21(13)17/h5-7,9-16H,2-4,8H2,1H3;4-6,8-15H,2-3,7H2,1H3;3-5,7-14H,2,6H2,1H3;3*2-12H,1H3. The first-order valence-corrected chi connectivity index (χ1v) is 50.0. The minimum absolute atomic E-state index is 0.965. The summed E-state index contributed by atoms with van der Waals surface area (Å²) >= 11 is 0. The molecule has 24 aromatic carbocycles. The van der Waals surface area contributed by atoms with Crippen LogP contribution in [0.1, 0.15) is 92.7 Å². The number of para-hydroxylation sites is 6. The lowest BCUT2D eigenvalue weighted by Gasteiger charge is -2.04. The number of rotatable bonds is 9. The zero-order valence-corrected chi connectivity index (χ0v) is 79.9. The van der Waals surface area contributed by atoms with Crippen molar-refractivity contribution in [1.29, 1.82) is 0 Å². The SMILES string of the molecule is CCCCCc1cccc2c1oc1ccc3cc4ccccc4cc3c12.CCCCc1cccc2c1oc1ccc3cc4ccccc4cc3c12.CCCc1cccc2c1oc1ccc3cc4ccccc4cc3c12.Cc1cccc2c1oc1ccc3cc4ccccc4cc3c12.Cc1cccc2c1oc1ccc3cc4ccccc4cc3c12.Cc1cccc2c1oc1ccc3cc4ccccc4cc3c12. The summed E-state index contributed by atoms with van der Waals surface area (Å²) in [6, 6.07) is 143. The molecule has 0 N–H and O–H groups in total. The average Bonchev–Trinajstić information content (AvgIpc) is 1.62. The molecule has 0 atom stereocenters. The molecule has 0 aliphatic heterocycles. The van der Waals surface area contributed by atoms with Gasteiger partial charge in [0.25, 0.3) is 0 Å². The Morgan fingerprint density at radius 2 is 0.348 bits per heavy atom. The third kappa shape index (κ3) is 15.4. The van der Waals surface area contributed by atoms with E-state index < -0.39 is 0 Å². The van der Waals surface area contributed by atoms with Crippen molar-refractivity contribution >= 4 is 261 Å². The van der Waals surface area contributed by atoms with E-state index in [4.69, 9.17) is 26.5 Å². The van der Waals surface area contributed by atoms with Crippen molar-refractivity contribution in [1.82, 2.24) is 0 Å². The molecule has 6 nitrogen and oxygen atoms in total. The van der Waals surface area contributed by atoms with Crippen LogP contribution in [0.5, 0.6) is 0 Å². The Balaban J connectivity index is 0.0000000892. The zero-order valence-electron chi connectivity index (χ0n) is 79.9. The molecule has 0 saturated carbocycles. The molecule has 0 fully saturated rings. The number of hydrogen-bond donors (Lipinski definition) is 0. The summed E-state index contributed by atoms with van der Waals surface area (Å²) < 4.78 is 37.2. The molecule has 0 spiro atoms. The van der Waals surface area contributed by atoms with Gasteiger partial charge in [0, 0.05) is 64.6 Å². The first-order valence-electron chi connectivity index (χ1n) is 50.0. The molecule has 0 aliphatic rings. The largest absolute Gasteiger partial charge is 0.456 e. The molecular weight excluding hydrogens is 1720 g/mol. The van der Waals surface area contributed by atoms with E-state index >= 15 is 0 Å². The Morgan fingerprint density at radius 1 is 0.149 bits per heavy atom. The minimum atomic E-state index is 0.965. The number of aryl methyl sites for hydroxylation is 6. The number of fused-ring (bicyclic) bond motifs is 36. The van der Waals surface area contributed by atoms with Gasteiger partial charge in [-0.1, -0.05) is 338 Å². The molecule has 0 amide bonds. The van der Waals surface area contributed by atoms with Crippen LogP contribution >= 0.6 is 0 Å². The molecule has 0 bridgehead atoms. The average molecular weight is 1820 g/mol. The highest BCUT2D eigenvalue weighted by atomic mass is 16.3. The second-order valence-corrected chi connectivity index (χ2v) is 38.3. The maximum atomic E-state index is 6.33. The lowest BCUT2D eigenvalue weighted by Crippen LogP contribution is -1.85. The molecule has 30 aromatic rings. The third-order valence-electron chi connectivity index (χ3n) is 29.3. The molecular formula is C135H102O6. The highest BCUT2D eigenvalue weighted by Crippen LogP contribution is 2.46. The lowest BCUT2D eigenvalue weighted by molar-refractivity contribution is 0.654. The van der Waals surface area contributed by atoms with Crippen molar-refractivity contribution in [2.75, 3.05) is 0 Å². The summed E-state index contributed by atoms with van der Waals surface area (Å²) in [7, 11) is 0. The predicted octanol–water partition coefficient (Wildman–Crippen LogP) is 40.3. The van der Waals surface area contributed by atoms with Crippen LogP contribution < -0.4 is 0 Å². The molecule has 0 aliphatic carbocycles. The quantitative estimate of drug-likeness (QED) is 0.106. The van der Waals surface area contributed by atoms with Gasteiger partial charge < -0.3 is 26.5 Å². The first kappa shape index (κ1) is 85.8. The van der Waals surface area contributed by atoms with E-state index in [2.05, 4.69) is 442 Å². The third-order valence-corrected chi connectivity index (χ3v) is 29.3. The summed E-state index contributed by atoms with van der Waals surface area (Å²) in [4.78, 5) is 0. The molecule has 678 valence electrons. The fourth-order valence-corrected chi connectivity index (χ4v) is 22.3. The Labute approximate surface area is 814 Å². The fourth-order valence-electron chi connectivity index (χ4n) is 22.3. The lowest BCUT2D eigenvalue weighted by atomic mass is 9.98. The number of unbranched alkanes of at least 4 members (excludes halogenated alkanes) is 3. The van der Waals surface area contributed by atoms with Gasteiger partial charge in [0.15, 0.2) is 0 Å². The van der Waals surface area contributed by atoms with Gasteiger partial charge in [0.2, 0.25) is 0 Å². The monoisotopic (exact) mass is 1820 g/mol. The summed E-state index contributed by atoms with van der Waals surface area (Å²) in [5.74, 6) is 0. The van der Waals surface area contributed by atoms with Crippen molar-refractivity contribution in [2.45, 2.75) is 99.3 Å². The zero-order chi connectivity index (χ0) is 94.5. The molecule has 0 saturated heterocycles. The Bertz CT molecular complexity index is 9770. The number of furan rings is 6. The van der Waals surface area contributed by atoms with Crippen LogP contribution in [0.3, 0.4) is 0 Å². The van der Waals surface area contributed by atoms with E-state index in [-0.39, 0.29) is 0 Å². The van der Waals surface area contributed by atoms with Gasteiger partial charge in [-0.15, -0.1) is 0 Å². The van der Waals surface area contributed by atoms with Crippen molar-refractivity contribution in [3.05, 3.63) is 434 Å². The molecule has 0 unspecified atom stereocenters. The van der Waals surface area contributed by atoms with Gasteiger partial charge in [0.05, 0.1) is 0 Å². The summed E-state index contributed by atoms with van der Waals surface area (Å²) in [6.45, 7) is 13.0. The van der Waals surface area contributed by atoms with Crippen LogP contribution in [-0.2, 0) is 19.3 Å². The van der Waals surface area contributed by atoms with Crippen LogP contribution in [-0.4, -0.2) is 0 Å². The van der Waals surface area contributed by atoms with Crippen LogP contribution in [0, 0.1) is 20.8 Å². The van der Waals surface area contributed by atoms with E-state index in [9.17, 15) is 0 Å². The van der Waals surface area contributed by atoms with Crippen LogP contribution in [0.4, 0.5) is 0 Å². The second-order valence-electron chi connectivity index (χ2n) is 38.3. The van der Waals surface area contributed by atoms with E-state index in [1.54, 1.807) is 0 Å². The molecule has 6 heterocycles. The van der Waals surface area contributed by atoms with Gasteiger partial charge in [-0.25, -0.2) is 0 Å². The van der Waals surface area contributed by atoms with Crippen LogP contribution in [0.2, 0.25) is 0 Å². The van der Waals surface area contributed by atoms with Crippen molar-refractivity contribution < 1.29 is 26.5 Å². The molecule has 30 rings (SSSR count). The highest BCUT2D eigenvalue weighted by Gasteiger charge is 2.22. The maximum Gasteiger partial charge on any atom is 0.138 e. The number of benzene rings is 24. The Morgan fingerprint density at radius 3 is 0.574 bits per heavy atom. The van der Waals surface area contributed by atoms with Crippen molar-refractivity contribution in [3.63, 3.8) is 0 Å². The second kappa shape index (κ2) is 36.0. The van der Waals surface area contributed by atoms with Gasteiger partial charge in [-0.3, -0.25) is 0 Å².